The summed E-state index contributed by atoms with van der Waals surface area (Å²) in [6, 6.07) is 6.24. The quantitative estimate of drug-likeness (QED) is 0.377. The molecule has 0 radical (unpaired) electrons. The van der Waals surface area contributed by atoms with Gasteiger partial charge in [-0.05, 0) is 69.2 Å². The summed E-state index contributed by atoms with van der Waals surface area (Å²) in [4.78, 5) is 11.6. The smallest absolute Gasteiger partial charge is 0.159 e. The van der Waals surface area contributed by atoms with Crippen molar-refractivity contribution >= 4 is 16.7 Å². The molecule has 6 rings (SSSR count). The van der Waals surface area contributed by atoms with Gasteiger partial charge in [0.1, 0.15) is 17.8 Å². The molecule has 0 spiro atoms. The highest BCUT2D eigenvalue weighted by Gasteiger charge is 2.30. The first kappa shape index (κ1) is 25.6. The number of hydrogen-bond donors (Lipinski definition) is 0. The van der Waals surface area contributed by atoms with Gasteiger partial charge >= 0.3 is 0 Å². The number of aryl methyl sites for hydroxylation is 2. The van der Waals surface area contributed by atoms with Crippen molar-refractivity contribution in [2.45, 2.75) is 83.3 Å². The summed E-state index contributed by atoms with van der Waals surface area (Å²) in [5.74, 6) is 2.24. The van der Waals surface area contributed by atoms with Crippen molar-refractivity contribution < 1.29 is 18.6 Å². The molecule has 2 aliphatic heterocycles. The molecule has 3 fully saturated rings. The van der Waals surface area contributed by atoms with Crippen molar-refractivity contribution in [1.82, 2.24) is 19.7 Å². The Kier molecular flexibility index (Phi) is 7.59. The lowest BCUT2D eigenvalue weighted by atomic mass is 9.80. The molecule has 3 aliphatic rings. The molecule has 3 atom stereocenters. The fourth-order valence-electron chi connectivity index (χ4n) is 6.00. The van der Waals surface area contributed by atoms with Crippen molar-refractivity contribution in [3.63, 3.8) is 0 Å². The van der Waals surface area contributed by atoms with Gasteiger partial charge in [-0.25, -0.2) is 19.0 Å². The Morgan fingerprint density at radius 2 is 1.74 bits per heavy atom. The molecule has 0 amide bonds. The standard InChI is InChI=1S/C29H38FN5O3/c1-19-13-21-16-31-35(26(21)14-24(19)23-7-3-4-8-25(23)30)28-15-27(32-20(2)33-28)34-17-22(18-34)36-11-12-38-29-9-5-6-10-37-29/h13-16,22-23,25,29H,3-12,17-18H2,1-2H3. The first-order valence-corrected chi connectivity index (χ1v) is 14.1. The SMILES string of the molecule is Cc1nc(N2CC(OCCOC3CCCCO3)C2)cc(-n2ncc3cc(C)c(C4CCCCC4F)cc32)n1. The maximum Gasteiger partial charge on any atom is 0.159 e. The van der Waals surface area contributed by atoms with Crippen molar-refractivity contribution in [3.05, 3.63) is 41.3 Å². The van der Waals surface area contributed by atoms with Gasteiger partial charge in [0.05, 0.1) is 31.0 Å². The maximum atomic E-state index is 14.8. The van der Waals surface area contributed by atoms with Gasteiger partial charge in [0.25, 0.3) is 0 Å². The highest BCUT2D eigenvalue weighted by atomic mass is 19.1. The number of ether oxygens (including phenoxy) is 3. The monoisotopic (exact) mass is 523 g/mol. The maximum absolute atomic E-state index is 14.8. The second-order valence-electron chi connectivity index (χ2n) is 10.9. The van der Waals surface area contributed by atoms with E-state index < -0.39 is 6.17 Å². The van der Waals surface area contributed by atoms with E-state index in [0.717, 1.165) is 91.9 Å². The normalized spacial score (nSPS) is 24.6. The van der Waals surface area contributed by atoms with E-state index >= 15 is 0 Å². The summed E-state index contributed by atoms with van der Waals surface area (Å²) in [5.41, 5.74) is 3.19. The van der Waals surface area contributed by atoms with Crippen molar-refractivity contribution in [2.75, 3.05) is 37.8 Å². The van der Waals surface area contributed by atoms with Crippen LogP contribution in [-0.4, -0.2) is 71.2 Å². The van der Waals surface area contributed by atoms with Gasteiger partial charge in [-0.3, -0.25) is 0 Å². The van der Waals surface area contributed by atoms with Crippen LogP contribution in [0, 0.1) is 13.8 Å². The number of nitrogens with zero attached hydrogens (tertiary/aromatic N) is 5. The van der Waals surface area contributed by atoms with Crippen LogP contribution in [0.15, 0.2) is 24.4 Å². The molecule has 38 heavy (non-hydrogen) atoms. The number of fused-ring (bicyclic) bond motifs is 1. The van der Waals surface area contributed by atoms with E-state index in [-0.39, 0.29) is 18.3 Å². The number of aromatic nitrogens is 4. The highest BCUT2D eigenvalue weighted by molar-refractivity contribution is 5.82. The number of alkyl halides is 1. The lowest BCUT2D eigenvalue weighted by Crippen LogP contribution is -2.53. The van der Waals surface area contributed by atoms with Gasteiger partial charge in [-0.2, -0.15) is 5.10 Å². The van der Waals surface area contributed by atoms with Crippen LogP contribution < -0.4 is 4.90 Å². The largest absolute Gasteiger partial charge is 0.372 e. The molecule has 204 valence electrons. The second-order valence-corrected chi connectivity index (χ2v) is 10.9. The van der Waals surface area contributed by atoms with E-state index in [2.05, 4.69) is 34.0 Å². The van der Waals surface area contributed by atoms with E-state index in [1.807, 2.05) is 23.9 Å². The summed E-state index contributed by atoms with van der Waals surface area (Å²) in [6.45, 7) is 7.44. The molecule has 2 saturated heterocycles. The lowest BCUT2D eigenvalue weighted by Gasteiger charge is -2.40. The predicted octanol–water partition coefficient (Wildman–Crippen LogP) is 5.18. The Bertz CT molecular complexity index is 1250. The zero-order valence-corrected chi connectivity index (χ0v) is 22.4. The minimum Gasteiger partial charge on any atom is -0.372 e. The van der Waals surface area contributed by atoms with Gasteiger partial charge < -0.3 is 19.1 Å². The minimum absolute atomic E-state index is 0.0437. The van der Waals surface area contributed by atoms with Crippen molar-refractivity contribution in [1.29, 1.82) is 0 Å². The molecule has 1 aliphatic carbocycles. The van der Waals surface area contributed by atoms with E-state index in [1.54, 1.807) is 0 Å². The average Bonchev–Trinajstić information content (AvgIpc) is 3.30. The van der Waals surface area contributed by atoms with Crippen LogP contribution in [0.1, 0.15) is 67.8 Å². The third-order valence-corrected chi connectivity index (χ3v) is 8.12. The summed E-state index contributed by atoms with van der Waals surface area (Å²) in [5, 5.41) is 5.70. The van der Waals surface area contributed by atoms with E-state index in [9.17, 15) is 4.39 Å². The Morgan fingerprint density at radius 1 is 0.947 bits per heavy atom. The van der Waals surface area contributed by atoms with Gasteiger partial charge in [-0.1, -0.05) is 12.8 Å². The zero-order chi connectivity index (χ0) is 26.1. The molecule has 1 aromatic carbocycles. The molecular weight excluding hydrogens is 485 g/mol. The summed E-state index contributed by atoms with van der Waals surface area (Å²) >= 11 is 0. The Hall–Kier alpha value is -2.62. The number of rotatable bonds is 8. The molecule has 1 saturated carbocycles. The van der Waals surface area contributed by atoms with Gasteiger partial charge in [0.15, 0.2) is 12.1 Å². The fourth-order valence-corrected chi connectivity index (χ4v) is 6.00. The molecule has 8 nitrogen and oxygen atoms in total. The number of anilines is 1. The van der Waals surface area contributed by atoms with Crippen LogP contribution in [0.4, 0.5) is 10.2 Å². The number of hydrogen-bond acceptors (Lipinski definition) is 7. The van der Waals surface area contributed by atoms with Crippen LogP contribution in [0.5, 0.6) is 0 Å². The average molecular weight is 524 g/mol. The lowest BCUT2D eigenvalue weighted by molar-refractivity contribution is -0.171. The third kappa shape index (κ3) is 5.42. The topological polar surface area (TPSA) is 74.5 Å². The first-order chi connectivity index (χ1) is 18.5. The number of benzene rings is 1. The summed E-state index contributed by atoms with van der Waals surface area (Å²) < 4.78 is 34.1. The summed E-state index contributed by atoms with van der Waals surface area (Å²) in [7, 11) is 0. The molecule has 0 N–H and O–H groups in total. The molecule has 4 heterocycles. The van der Waals surface area contributed by atoms with Crippen molar-refractivity contribution in [3.8, 4) is 5.82 Å². The minimum atomic E-state index is -0.780. The predicted molar refractivity (Wildman–Crippen MR) is 144 cm³/mol. The number of halogens is 1. The Labute approximate surface area is 223 Å². The van der Waals surface area contributed by atoms with E-state index in [4.69, 9.17) is 19.2 Å². The van der Waals surface area contributed by atoms with Crippen LogP contribution >= 0.6 is 0 Å². The fraction of sp³-hybridized carbons (Fsp3) is 0.621. The molecule has 9 heteroatoms. The highest BCUT2D eigenvalue weighted by Crippen LogP contribution is 2.38. The third-order valence-electron chi connectivity index (χ3n) is 8.12. The van der Waals surface area contributed by atoms with Crippen molar-refractivity contribution in [2.24, 2.45) is 0 Å². The summed E-state index contributed by atoms with van der Waals surface area (Å²) in [6.07, 6.45) is 8.03. The zero-order valence-electron chi connectivity index (χ0n) is 22.4. The Balaban J connectivity index is 1.13. The molecule has 3 aromatic rings. The van der Waals surface area contributed by atoms with Crippen LogP contribution in [0.3, 0.4) is 0 Å². The van der Waals surface area contributed by atoms with E-state index in [0.29, 0.717) is 25.5 Å². The van der Waals surface area contributed by atoms with Gasteiger partial charge in [-0.15, -0.1) is 0 Å². The molecule has 2 aromatic heterocycles. The molecule has 3 unspecified atom stereocenters. The molecule has 0 bridgehead atoms. The Morgan fingerprint density at radius 3 is 2.55 bits per heavy atom. The van der Waals surface area contributed by atoms with Gasteiger partial charge in [0.2, 0.25) is 0 Å². The van der Waals surface area contributed by atoms with E-state index in [1.165, 1.54) is 0 Å². The van der Waals surface area contributed by atoms with Crippen LogP contribution in [-0.2, 0) is 14.2 Å². The second kappa shape index (κ2) is 11.2. The molecular formula is C29H38FN5O3. The van der Waals surface area contributed by atoms with Crippen LogP contribution in [0.2, 0.25) is 0 Å². The first-order valence-electron chi connectivity index (χ1n) is 14.1. The van der Waals surface area contributed by atoms with Gasteiger partial charge in [0, 0.05) is 37.1 Å². The van der Waals surface area contributed by atoms with Crippen LogP contribution in [0.25, 0.3) is 16.7 Å².